The van der Waals surface area contributed by atoms with Crippen molar-refractivity contribution in [2.75, 3.05) is 13.6 Å². The van der Waals surface area contributed by atoms with Crippen LogP contribution in [0.5, 0.6) is 0 Å². The van der Waals surface area contributed by atoms with Gasteiger partial charge in [-0.05, 0) is 31.7 Å². The highest BCUT2D eigenvalue weighted by molar-refractivity contribution is 6.09. The second-order valence-corrected chi connectivity index (χ2v) is 6.55. The van der Waals surface area contributed by atoms with Crippen molar-refractivity contribution in [3.8, 4) is 11.5 Å². The predicted molar refractivity (Wildman–Crippen MR) is 87.7 cm³/mol. The molecule has 2 aliphatic rings. The molecular formula is C17H17N5O2. The molecular weight excluding hydrogens is 306 g/mol. The third-order valence-electron chi connectivity index (χ3n) is 5.28. The molecule has 2 fully saturated rings. The van der Waals surface area contributed by atoms with Gasteiger partial charge in [0, 0.05) is 29.6 Å². The Kier molecular flexibility index (Phi) is 2.89. The molecule has 3 atom stereocenters. The van der Waals surface area contributed by atoms with Gasteiger partial charge in [-0.2, -0.15) is 5.10 Å². The first kappa shape index (κ1) is 13.9. The fourth-order valence-electron chi connectivity index (χ4n) is 4.02. The van der Waals surface area contributed by atoms with E-state index in [-0.39, 0.29) is 17.9 Å². The Labute approximate surface area is 138 Å². The molecule has 1 unspecified atom stereocenters. The third kappa shape index (κ3) is 1.88. The molecule has 2 saturated heterocycles. The molecule has 1 aromatic carbocycles. The van der Waals surface area contributed by atoms with Gasteiger partial charge in [-0.1, -0.05) is 0 Å². The topological polar surface area (TPSA) is 87.1 Å². The predicted octanol–water partition coefficient (Wildman–Crippen LogP) is 1.45. The first-order valence-electron chi connectivity index (χ1n) is 8.10. The van der Waals surface area contributed by atoms with E-state index in [1.165, 1.54) is 0 Å². The van der Waals surface area contributed by atoms with E-state index in [1.807, 2.05) is 25.2 Å². The van der Waals surface area contributed by atoms with Gasteiger partial charge in [0.2, 0.25) is 11.7 Å². The number of nitrogens with zero attached hydrogens (tertiary/aromatic N) is 3. The molecule has 0 aliphatic carbocycles. The van der Waals surface area contributed by atoms with E-state index in [2.05, 4.69) is 25.4 Å². The van der Waals surface area contributed by atoms with Gasteiger partial charge in [-0.25, -0.2) is 4.98 Å². The summed E-state index contributed by atoms with van der Waals surface area (Å²) in [5, 5.41) is 11.5. The number of fused-ring (bicyclic) bond motifs is 3. The molecule has 4 heterocycles. The van der Waals surface area contributed by atoms with Crippen LogP contribution in [0.4, 0.5) is 0 Å². The van der Waals surface area contributed by atoms with Crippen LogP contribution >= 0.6 is 0 Å². The van der Waals surface area contributed by atoms with E-state index >= 15 is 0 Å². The number of piperazine rings is 1. The molecule has 2 N–H and O–H groups in total. The number of Topliss-reactive ketones (excluding diaryl/α,β-unsaturated/α-hetero) is 1. The summed E-state index contributed by atoms with van der Waals surface area (Å²) in [5.41, 5.74) is 2.18. The Morgan fingerprint density at radius 2 is 2.33 bits per heavy atom. The fourth-order valence-corrected chi connectivity index (χ4v) is 4.02. The number of H-pyrrole nitrogens is 1. The van der Waals surface area contributed by atoms with Crippen LogP contribution in [0.15, 0.2) is 35.1 Å². The van der Waals surface area contributed by atoms with Crippen molar-refractivity contribution in [2.24, 2.45) is 0 Å². The van der Waals surface area contributed by atoms with Crippen LogP contribution in [-0.2, 0) is 0 Å². The maximum atomic E-state index is 13.0. The SMILES string of the molecule is CN1C(C(=O)c2n[nH]c3cc(-c4ncco4)ccc23)[C@H]2C[C@H]1CN2. The van der Waals surface area contributed by atoms with Crippen molar-refractivity contribution in [2.45, 2.75) is 24.5 Å². The number of benzene rings is 1. The van der Waals surface area contributed by atoms with Crippen LogP contribution in [0.1, 0.15) is 16.9 Å². The number of hydrogen-bond acceptors (Lipinski definition) is 6. The zero-order valence-electron chi connectivity index (χ0n) is 13.2. The number of aromatic nitrogens is 3. The van der Waals surface area contributed by atoms with Crippen molar-refractivity contribution >= 4 is 16.7 Å². The van der Waals surface area contributed by atoms with Gasteiger partial charge in [-0.3, -0.25) is 14.8 Å². The van der Waals surface area contributed by atoms with E-state index in [4.69, 9.17) is 4.42 Å². The van der Waals surface area contributed by atoms with E-state index < -0.39 is 0 Å². The lowest BCUT2D eigenvalue weighted by Crippen LogP contribution is -2.53. The van der Waals surface area contributed by atoms with E-state index in [9.17, 15) is 4.79 Å². The Balaban J connectivity index is 1.52. The normalized spacial score (nSPS) is 26.5. The molecule has 24 heavy (non-hydrogen) atoms. The summed E-state index contributed by atoms with van der Waals surface area (Å²) in [6, 6.07) is 6.27. The average Bonchev–Trinajstić information content (AvgIpc) is 3.36. The van der Waals surface area contributed by atoms with Gasteiger partial charge in [0.25, 0.3) is 0 Å². The first-order valence-corrected chi connectivity index (χ1v) is 8.10. The number of ketones is 1. The molecule has 122 valence electrons. The van der Waals surface area contributed by atoms with Gasteiger partial charge in [0.05, 0.1) is 17.8 Å². The summed E-state index contributed by atoms with van der Waals surface area (Å²) in [4.78, 5) is 19.4. The van der Waals surface area contributed by atoms with Crippen molar-refractivity contribution in [1.82, 2.24) is 25.4 Å². The Hall–Kier alpha value is -2.51. The molecule has 0 radical (unpaired) electrons. The highest BCUT2D eigenvalue weighted by atomic mass is 16.3. The number of aromatic amines is 1. The number of nitrogens with one attached hydrogen (secondary N) is 2. The second-order valence-electron chi connectivity index (χ2n) is 6.55. The monoisotopic (exact) mass is 323 g/mol. The van der Waals surface area contributed by atoms with Crippen LogP contribution < -0.4 is 5.32 Å². The van der Waals surface area contributed by atoms with Gasteiger partial charge in [0.1, 0.15) is 12.0 Å². The standard InChI is InChI=1S/C17H17N5O2/c1-22-10-7-13(19-8-10)15(22)16(23)14-11-3-2-9(6-12(11)20-21-14)17-18-4-5-24-17/h2-6,10,13,15,19H,7-8H2,1H3,(H,20,21)/t10-,13+,15?/m0/s1. The van der Waals surface area contributed by atoms with Crippen LogP contribution in [0.25, 0.3) is 22.4 Å². The number of carbonyl (C=O) groups excluding carboxylic acids is 1. The summed E-state index contributed by atoms with van der Waals surface area (Å²) >= 11 is 0. The summed E-state index contributed by atoms with van der Waals surface area (Å²) in [6.45, 7) is 0.964. The minimum atomic E-state index is -0.137. The van der Waals surface area contributed by atoms with Gasteiger partial charge < -0.3 is 9.73 Å². The molecule has 5 rings (SSSR count). The molecule has 2 aliphatic heterocycles. The highest BCUT2D eigenvalue weighted by Crippen LogP contribution is 2.31. The molecule has 3 aromatic rings. The number of hydrogen-bond donors (Lipinski definition) is 2. The van der Waals surface area contributed by atoms with Gasteiger partial charge in [0.15, 0.2) is 0 Å². The zero-order chi connectivity index (χ0) is 16.3. The Morgan fingerprint density at radius 3 is 3.08 bits per heavy atom. The quantitative estimate of drug-likeness (QED) is 0.709. The number of likely N-dealkylation sites (tertiary alicyclic amines) is 1. The summed E-state index contributed by atoms with van der Waals surface area (Å²) < 4.78 is 5.32. The summed E-state index contributed by atoms with van der Waals surface area (Å²) in [7, 11) is 2.03. The molecule has 2 aromatic heterocycles. The van der Waals surface area contributed by atoms with Crippen LogP contribution in [-0.4, -0.2) is 57.6 Å². The number of rotatable bonds is 3. The number of oxazole rings is 1. The Bertz CT molecular complexity index is 914. The van der Waals surface area contributed by atoms with Gasteiger partial charge in [-0.15, -0.1) is 0 Å². The Morgan fingerprint density at radius 1 is 1.42 bits per heavy atom. The summed E-state index contributed by atoms with van der Waals surface area (Å²) in [6.07, 6.45) is 4.18. The van der Waals surface area contributed by atoms with Crippen LogP contribution in [0.2, 0.25) is 0 Å². The lowest BCUT2D eigenvalue weighted by Gasteiger charge is -2.30. The largest absolute Gasteiger partial charge is 0.445 e. The fraction of sp³-hybridized carbons (Fsp3) is 0.353. The lowest BCUT2D eigenvalue weighted by molar-refractivity contribution is 0.0811. The molecule has 0 spiro atoms. The molecule has 0 saturated carbocycles. The van der Waals surface area contributed by atoms with Crippen molar-refractivity contribution in [1.29, 1.82) is 0 Å². The maximum Gasteiger partial charge on any atom is 0.225 e. The minimum absolute atomic E-state index is 0.0762. The second kappa shape index (κ2) is 4.99. The zero-order valence-corrected chi connectivity index (χ0v) is 13.2. The van der Waals surface area contributed by atoms with Crippen molar-refractivity contribution in [3.63, 3.8) is 0 Å². The molecule has 0 amide bonds. The smallest absolute Gasteiger partial charge is 0.225 e. The van der Waals surface area contributed by atoms with Crippen molar-refractivity contribution < 1.29 is 9.21 Å². The van der Waals surface area contributed by atoms with Crippen molar-refractivity contribution in [3.05, 3.63) is 36.4 Å². The third-order valence-corrected chi connectivity index (χ3v) is 5.28. The lowest BCUT2D eigenvalue weighted by atomic mass is 10.0. The minimum Gasteiger partial charge on any atom is -0.445 e. The summed E-state index contributed by atoms with van der Waals surface area (Å²) in [5.74, 6) is 0.628. The van der Waals surface area contributed by atoms with E-state index in [1.54, 1.807) is 12.5 Å². The van der Waals surface area contributed by atoms with Crippen LogP contribution in [0.3, 0.4) is 0 Å². The number of carbonyl (C=O) groups is 1. The maximum absolute atomic E-state index is 13.0. The number of likely N-dealkylation sites (N-methyl/N-ethyl adjacent to an activating group) is 1. The van der Waals surface area contributed by atoms with E-state index in [0.29, 0.717) is 17.6 Å². The highest BCUT2D eigenvalue weighted by Gasteiger charge is 2.48. The molecule has 7 heteroatoms. The first-order chi connectivity index (χ1) is 11.7. The van der Waals surface area contributed by atoms with Gasteiger partial charge >= 0.3 is 0 Å². The molecule has 2 bridgehead atoms. The van der Waals surface area contributed by atoms with E-state index in [0.717, 1.165) is 29.4 Å². The molecule has 7 nitrogen and oxygen atoms in total. The van der Waals surface area contributed by atoms with Crippen LogP contribution in [0, 0.1) is 0 Å². The average molecular weight is 323 g/mol.